The summed E-state index contributed by atoms with van der Waals surface area (Å²) < 4.78 is 0. The zero-order valence-electron chi connectivity index (χ0n) is 6.68. The molecule has 1 atom stereocenters. The summed E-state index contributed by atoms with van der Waals surface area (Å²) in [5.74, 6) is 0.0976. The van der Waals surface area contributed by atoms with Crippen LogP contribution in [0.2, 0.25) is 0 Å². The van der Waals surface area contributed by atoms with E-state index in [0.717, 1.165) is 6.42 Å². The van der Waals surface area contributed by atoms with Crippen LogP contribution in [0.1, 0.15) is 26.7 Å². The average Bonchev–Trinajstić information content (AvgIpc) is 1.88. The summed E-state index contributed by atoms with van der Waals surface area (Å²) in [6, 6.07) is 0.110. The van der Waals surface area contributed by atoms with Crippen LogP contribution < -0.4 is 11.1 Å². The van der Waals surface area contributed by atoms with Crippen molar-refractivity contribution in [3.8, 4) is 0 Å². The van der Waals surface area contributed by atoms with Crippen molar-refractivity contribution in [3.63, 3.8) is 0 Å². The molecule has 3 heteroatoms. The molecule has 0 aliphatic rings. The summed E-state index contributed by atoms with van der Waals surface area (Å²) in [7, 11) is 0. The lowest BCUT2D eigenvalue weighted by Crippen LogP contribution is -2.37. The van der Waals surface area contributed by atoms with Crippen molar-refractivity contribution in [2.75, 3.05) is 6.54 Å². The van der Waals surface area contributed by atoms with Gasteiger partial charge in [0.1, 0.15) is 0 Å². The van der Waals surface area contributed by atoms with Gasteiger partial charge in [-0.3, -0.25) is 4.79 Å². The van der Waals surface area contributed by atoms with E-state index in [0.29, 0.717) is 13.0 Å². The van der Waals surface area contributed by atoms with Crippen molar-refractivity contribution < 1.29 is 4.79 Å². The van der Waals surface area contributed by atoms with Gasteiger partial charge in [0.25, 0.3) is 0 Å². The summed E-state index contributed by atoms with van der Waals surface area (Å²) >= 11 is 0. The van der Waals surface area contributed by atoms with E-state index in [9.17, 15) is 4.79 Å². The van der Waals surface area contributed by atoms with Crippen LogP contribution >= 0.6 is 0 Å². The number of amides is 1. The minimum atomic E-state index is 0.0976. The van der Waals surface area contributed by atoms with Crippen LogP contribution in [0.5, 0.6) is 0 Å². The van der Waals surface area contributed by atoms with Crippen LogP contribution in [-0.4, -0.2) is 18.5 Å². The Kier molecular flexibility index (Phi) is 4.94. The van der Waals surface area contributed by atoms with Crippen LogP contribution in [0.3, 0.4) is 0 Å². The third-order valence-electron chi connectivity index (χ3n) is 1.24. The van der Waals surface area contributed by atoms with Crippen LogP contribution in [0.15, 0.2) is 0 Å². The standard InChI is InChI=1S/C7H16N2O/c1-3-4-7(10)9-6(2)5-8/h6H,3-5,8H2,1-2H3,(H,9,10). The number of hydrogen-bond acceptors (Lipinski definition) is 2. The molecule has 60 valence electrons. The Morgan fingerprint density at radius 2 is 2.30 bits per heavy atom. The van der Waals surface area contributed by atoms with Gasteiger partial charge in [-0.1, -0.05) is 6.92 Å². The van der Waals surface area contributed by atoms with Gasteiger partial charge in [-0.2, -0.15) is 0 Å². The Balaban J connectivity index is 3.37. The maximum absolute atomic E-state index is 10.8. The Bertz CT molecular complexity index is 104. The minimum absolute atomic E-state index is 0.0976. The van der Waals surface area contributed by atoms with Crippen molar-refractivity contribution >= 4 is 5.91 Å². The Hall–Kier alpha value is -0.570. The molecule has 0 fully saturated rings. The Morgan fingerprint density at radius 3 is 2.70 bits per heavy atom. The van der Waals surface area contributed by atoms with Gasteiger partial charge in [-0.25, -0.2) is 0 Å². The van der Waals surface area contributed by atoms with Gasteiger partial charge in [0.05, 0.1) is 0 Å². The van der Waals surface area contributed by atoms with E-state index in [1.54, 1.807) is 0 Å². The van der Waals surface area contributed by atoms with Crippen molar-refractivity contribution in [1.82, 2.24) is 5.32 Å². The highest BCUT2D eigenvalue weighted by atomic mass is 16.1. The molecule has 1 unspecified atom stereocenters. The number of nitrogens with one attached hydrogen (secondary N) is 1. The molecule has 0 radical (unpaired) electrons. The number of hydrogen-bond donors (Lipinski definition) is 2. The smallest absolute Gasteiger partial charge is 0.220 e. The molecule has 3 N–H and O–H groups in total. The summed E-state index contributed by atoms with van der Waals surface area (Å²) in [6.45, 7) is 4.38. The highest BCUT2D eigenvalue weighted by Crippen LogP contribution is 1.86. The molecule has 0 spiro atoms. The molecule has 0 saturated heterocycles. The van der Waals surface area contributed by atoms with E-state index in [-0.39, 0.29) is 11.9 Å². The molecule has 3 nitrogen and oxygen atoms in total. The molecule has 0 aromatic heterocycles. The fourth-order valence-electron chi connectivity index (χ4n) is 0.633. The number of rotatable bonds is 4. The highest BCUT2D eigenvalue weighted by molar-refractivity contribution is 5.76. The predicted octanol–water partition coefficient (Wildman–Crippen LogP) is 0.250. The minimum Gasteiger partial charge on any atom is -0.352 e. The largest absolute Gasteiger partial charge is 0.352 e. The molecule has 0 heterocycles. The first-order valence-electron chi connectivity index (χ1n) is 3.70. The second-order valence-electron chi connectivity index (χ2n) is 2.45. The van der Waals surface area contributed by atoms with Crippen molar-refractivity contribution in [2.45, 2.75) is 32.7 Å². The number of nitrogens with two attached hydrogens (primary N) is 1. The van der Waals surface area contributed by atoms with E-state index in [2.05, 4.69) is 5.32 Å². The fourth-order valence-corrected chi connectivity index (χ4v) is 0.633. The fraction of sp³-hybridized carbons (Fsp3) is 0.857. The van der Waals surface area contributed by atoms with E-state index in [1.807, 2.05) is 13.8 Å². The normalized spacial score (nSPS) is 12.7. The zero-order chi connectivity index (χ0) is 7.98. The molecular formula is C7H16N2O. The van der Waals surface area contributed by atoms with Crippen LogP contribution in [0.4, 0.5) is 0 Å². The molecule has 10 heavy (non-hydrogen) atoms. The molecule has 1 amide bonds. The second kappa shape index (κ2) is 5.23. The van der Waals surface area contributed by atoms with E-state index >= 15 is 0 Å². The van der Waals surface area contributed by atoms with Crippen LogP contribution in [0.25, 0.3) is 0 Å². The maximum atomic E-state index is 10.8. The molecule has 0 saturated carbocycles. The maximum Gasteiger partial charge on any atom is 0.220 e. The summed E-state index contributed by atoms with van der Waals surface area (Å²) in [5.41, 5.74) is 5.30. The van der Waals surface area contributed by atoms with Gasteiger partial charge in [-0.15, -0.1) is 0 Å². The molecule has 0 aliphatic carbocycles. The lowest BCUT2D eigenvalue weighted by molar-refractivity contribution is -0.121. The topological polar surface area (TPSA) is 55.1 Å². The molecular weight excluding hydrogens is 128 g/mol. The van der Waals surface area contributed by atoms with Gasteiger partial charge >= 0.3 is 0 Å². The Morgan fingerprint density at radius 1 is 1.70 bits per heavy atom. The monoisotopic (exact) mass is 144 g/mol. The first kappa shape index (κ1) is 9.43. The molecule has 0 aromatic carbocycles. The molecule has 0 rings (SSSR count). The average molecular weight is 144 g/mol. The van der Waals surface area contributed by atoms with Crippen LogP contribution in [0, 0.1) is 0 Å². The molecule has 0 aromatic rings. The van der Waals surface area contributed by atoms with Crippen LogP contribution in [-0.2, 0) is 4.79 Å². The number of carbonyl (C=O) groups excluding carboxylic acids is 1. The Labute approximate surface area is 62.0 Å². The first-order chi connectivity index (χ1) is 4.70. The number of carbonyl (C=O) groups is 1. The lowest BCUT2D eigenvalue weighted by Gasteiger charge is -2.09. The van der Waals surface area contributed by atoms with Gasteiger partial charge in [0.2, 0.25) is 5.91 Å². The zero-order valence-corrected chi connectivity index (χ0v) is 6.68. The van der Waals surface area contributed by atoms with Crippen molar-refractivity contribution in [2.24, 2.45) is 5.73 Å². The third-order valence-corrected chi connectivity index (χ3v) is 1.24. The molecule has 0 aliphatic heterocycles. The SMILES string of the molecule is CCCC(=O)NC(C)CN. The predicted molar refractivity (Wildman–Crippen MR) is 41.6 cm³/mol. The van der Waals surface area contributed by atoms with Gasteiger partial charge in [0, 0.05) is 19.0 Å². The van der Waals surface area contributed by atoms with Gasteiger partial charge in [-0.05, 0) is 13.3 Å². The highest BCUT2D eigenvalue weighted by Gasteiger charge is 2.02. The summed E-state index contributed by atoms with van der Waals surface area (Å²) in [6.07, 6.45) is 1.49. The lowest BCUT2D eigenvalue weighted by atomic mass is 10.3. The second-order valence-corrected chi connectivity index (χ2v) is 2.45. The van der Waals surface area contributed by atoms with Crippen molar-refractivity contribution in [3.05, 3.63) is 0 Å². The summed E-state index contributed by atoms with van der Waals surface area (Å²) in [4.78, 5) is 10.8. The van der Waals surface area contributed by atoms with E-state index in [4.69, 9.17) is 5.73 Å². The van der Waals surface area contributed by atoms with E-state index < -0.39 is 0 Å². The quantitative estimate of drug-likeness (QED) is 0.594. The first-order valence-corrected chi connectivity index (χ1v) is 3.70. The van der Waals surface area contributed by atoms with Gasteiger partial charge in [0.15, 0.2) is 0 Å². The van der Waals surface area contributed by atoms with E-state index in [1.165, 1.54) is 0 Å². The van der Waals surface area contributed by atoms with Crippen molar-refractivity contribution in [1.29, 1.82) is 0 Å². The third kappa shape index (κ3) is 4.32. The van der Waals surface area contributed by atoms with Gasteiger partial charge < -0.3 is 11.1 Å². The summed E-state index contributed by atoms with van der Waals surface area (Å²) in [5, 5.41) is 2.77. The molecule has 0 bridgehead atoms.